The van der Waals surface area contributed by atoms with Crippen LogP contribution in [0.4, 0.5) is 11.4 Å². The van der Waals surface area contributed by atoms with E-state index in [0.29, 0.717) is 11.4 Å². The van der Waals surface area contributed by atoms with Crippen molar-refractivity contribution in [1.29, 1.82) is 5.26 Å². The fraction of sp³-hybridized carbons (Fsp3) is 0.286. The molecule has 7 heteroatoms. The molecule has 1 rings (SSSR count). The van der Waals surface area contributed by atoms with Crippen LogP contribution in [0.15, 0.2) is 24.3 Å². The summed E-state index contributed by atoms with van der Waals surface area (Å²) < 4.78 is 0. The van der Waals surface area contributed by atoms with Crippen molar-refractivity contribution < 1.29 is 14.4 Å². The molecule has 0 aliphatic heterocycles. The molecule has 0 radical (unpaired) electrons. The maximum absolute atomic E-state index is 11.7. The van der Waals surface area contributed by atoms with E-state index in [4.69, 9.17) is 5.26 Å². The van der Waals surface area contributed by atoms with Gasteiger partial charge in [0, 0.05) is 17.8 Å². The number of nitrogens with one attached hydrogen (secondary N) is 2. The Balaban J connectivity index is 2.59. The van der Waals surface area contributed by atoms with Gasteiger partial charge >= 0.3 is 0 Å². The number of ketones is 1. The molecular weight excluding hydrogens is 338 g/mol. The van der Waals surface area contributed by atoms with Crippen molar-refractivity contribution in [3.8, 4) is 6.07 Å². The molecule has 0 saturated carbocycles. The fourth-order valence-electron chi connectivity index (χ4n) is 1.51. The highest BCUT2D eigenvalue weighted by Gasteiger charge is 2.17. The Morgan fingerprint density at radius 2 is 1.62 bits per heavy atom. The largest absolute Gasteiger partial charge is 0.326 e. The van der Waals surface area contributed by atoms with Crippen LogP contribution in [0.5, 0.6) is 0 Å². The van der Waals surface area contributed by atoms with E-state index < -0.39 is 11.8 Å². The van der Waals surface area contributed by atoms with E-state index in [1.165, 1.54) is 6.92 Å². The Kier molecular flexibility index (Phi) is 6.56. The molecule has 6 nitrogen and oxygen atoms in total. The summed E-state index contributed by atoms with van der Waals surface area (Å²) in [6, 6.07) is 8.32. The normalized spacial score (nSPS) is 11.1. The van der Waals surface area contributed by atoms with Crippen LogP contribution < -0.4 is 10.6 Å². The Hall–Kier alpha value is -2.20. The summed E-state index contributed by atoms with van der Waals surface area (Å²) >= 11 is 3.04. The Labute approximate surface area is 130 Å². The third-order valence-corrected chi connectivity index (χ3v) is 3.12. The summed E-state index contributed by atoms with van der Waals surface area (Å²) in [5, 5.41) is 14.2. The highest BCUT2D eigenvalue weighted by atomic mass is 79.9. The zero-order valence-electron chi connectivity index (χ0n) is 11.4. The second-order valence-corrected chi connectivity index (χ2v) is 4.86. The average Bonchev–Trinajstić information content (AvgIpc) is 2.46. The Bertz CT molecular complexity index is 578. The number of hydrogen-bond acceptors (Lipinski definition) is 4. The van der Waals surface area contributed by atoms with Gasteiger partial charge in [-0.05, 0) is 31.2 Å². The zero-order valence-corrected chi connectivity index (χ0v) is 12.9. The van der Waals surface area contributed by atoms with Gasteiger partial charge in [0.25, 0.3) is 0 Å². The summed E-state index contributed by atoms with van der Waals surface area (Å²) in [6.07, 6.45) is -0.173. The molecule has 0 fully saturated rings. The molecular formula is C14H14BrN3O3. The zero-order chi connectivity index (χ0) is 15.8. The van der Waals surface area contributed by atoms with Gasteiger partial charge in [0.2, 0.25) is 11.8 Å². The lowest BCUT2D eigenvalue weighted by Crippen LogP contribution is -2.19. The molecule has 2 N–H and O–H groups in total. The van der Waals surface area contributed by atoms with Crippen molar-refractivity contribution in [3.63, 3.8) is 0 Å². The SMILES string of the molecule is CC(=O)C(C#N)CC(=O)Nc1ccc(NC(=O)CBr)cc1. The van der Waals surface area contributed by atoms with Crippen LogP contribution in [0.1, 0.15) is 13.3 Å². The first-order valence-electron chi connectivity index (χ1n) is 6.12. The highest BCUT2D eigenvalue weighted by Crippen LogP contribution is 2.15. The first kappa shape index (κ1) is 16.9. The minimum absolute atomic E-state index is 0.173. The molecule has 110 valence electrons. The first-order valence-corrected chi connectivity index (χ1v) is 7.24. The van der Waals surface area contributed by atoms with Gasteiger partial charge in [0.15, 0.2) is 0 Å². The maximum atomic E-state index is 11.7. The van der Waals surface area contributed by atoms with Gasteiger partial charge in [-0.2, -0.15) is 5.26 Å². The number of amides is 2. The first-order chi connectivity index (χ1) is 9.96. The van der Waals surface area contributed by atoms with Crippen LogP contribution in [0, 0.1) is 17.2 Å². The number of alkyl halides is 1. The molecule has 21 heavy (non-hydrogen) atoms. The molecule has 0 aromatic heterocycles. The molecule has 0 bridgehead atoms. The third-order valence-electron chi connectivity index (χ3n) is 2.61. The van der Waals surface area contributed by atoms with Crippen molar-refractivity contribution in [2.45, 2.75) is 13.3 Å². The van der Waals surface area contributed by atoms with Gasteiger partial charge in [-0.15, -0.1) is 0 Å². The predicted molar refractivity (Wildman–Crippen MR) is 81.9 cm³/mol. The molecule has 1 aromatic rings. The molecule has 0 aliphatic rings. The minimum Gasteiger partial charge on any atom is -0.326 e. The van der Waals surface area contributed by atoms with Gasteiger partial charge in [-0.3, -0.25) is 14.4 Å². The van der Waals surface area contributed by atoms with Gasteiger partial charge in [0.05, 0.1) is 11.4 Å². The molecule has 0 spiro atoms. The summed E-state index contributed by atoms with van der Waals surface area (Å²) in [5.41, 5.74) is 1.13. The maximum Gasteiger partial charge on any atom is 0.235 e. The standard InChI is InChI=1S/C14H14BrN3O3/c1-9(19)10(8-16)6-13(20)17-11-2-4-12(5-3-11)18-14(21)7-15/h2-5,10H,6-7H2,1H3,(H,17,20)(H,18,21). The number of halogens is 1. The average molecular weight is 352 g/mol. The topological polar surface area (TPSA) is 99.1 Å². The second-order valence-electron chi connectivity index (χ2n) is 4.30. The number of hydrogen-bond donors (Lipinski definition) is 2. The van der Waals surface area contributed by atoms with Crippen LogP contribution >= 0.6 is 15.9 Å². The minimum atomic E-state index is -0.928. The number of Topliss-reactive ketones (excluding diaryl/α,β-unsaturated/α-hetero) is 1. The summed E-state index contributed by atoms with van der Waals surface area (Å²) in [7, 11) is 0. The molecule has 1 unspecified atom stereocenters. The van der Waals surface area contributed by atoms with Crippen LogP contribution in [-0.2, 0) is 14.4 Å². The van der Waals surface area contributed by atoms with Crippen molar-refractivity contribution in [2.75, 3.05) is 16.0 Å². The van der Waals surface area contributed by atoms with Gasteiger partial charge in [-0.25, -0.2) is 0 Å². The van der Waals surface area contributed by atoms with Crippen LogP contribution in [0.25, 0.3) is 0 Å². The number of carbonyl (C=O) groups is 3. The number of benzene rings is 1. The van der Waals surface area contributed by atoms with E-state index in [9.17, 15) is 14.4 Å². The lowest BCUT2D eigenvalue weighted by Gasteiger charge is -2.08. The smallest absolute Gasteiger partial charge is 0.235 e. The molecule has 0 heterocycles. The van der Waals surface area contributed by atoms with Crippen LogP contribution in [0.2, 0.25) is 0 Å². The molecule has 0 aliphatic carbocycles. The van der Waals surface area contributed by atoms with E-state index in [1.807, 2.05) is 0 Å². The van der Waals surface area contributed by atoms with Crippen molar-refractivity contribution in [3.05, 3.63) is 24.3 Å². The third kappa shape index (κ3) is 5.75. The number of nitriles is 1. The van der Waals surface area contributed by atoms with E-state index in [2.05, 4.69) is 26.6 Å². The number of rotatable bonds is 6. The van der Waals surface area contributed by atoms with E-state index in [0.717, 1.165) is 0 Å². The lowest BCUT2D eigenvalue weighted by molar-refractivity contribution is -0.123. The Morgan fingerprint density at radius 1 is 1.14 bits per heavy atom. The lowest BCUT2D eigenvalue weighted by atomic mass is 10.0. The van der Waals surface area contributed by atoms with Gasteiger partial charge < -0.3 is 10.6 Å². The van der Waals surface area contributed by atoms with Gasteiger partial charge in [0.1, 0.15) is 11.7 Å². The Morgan fingerprint density at radius 3 is 2.00 bits per heavy atom. The van der Waals surface area contributed by atoms with E-state index >= 15 is 0 Å². The molecule has 0 saturated heterocycles. The number of carbonyl (C=O) groups excluding carboxylic acids is 3. The summed E-state index contributed by atoms with van der Waals surface area (Å²) in [5.74, 6) is -1.85. The highest BCUT2D eigenvalue weighted by molar-refractivity contribution is 9.09. The van der Waals surface area contributed by atoms with Crippen molar-refractivity contribution in [2.24, 2.45) is 5.92 Å². The summed E-state index contributed by atoms with van der Waals surface area (Å²) in [6.45, 7) is 1.28. The van der Waals surface area contributed by atoms with Gasteiger partial charge in [-0.1, -0.05) is 15.9 Å². The van der Waals surface area contributed by atoms with E-state index in [1.54, 1.807) is 30.3 Å². The van der Waals surface area contributed by atoms with Crippen molar-refractivity contribution >= 4 is 44.9 Å². The summed E-state index contributed by atoms with van der Waals surface area (Å²) in [4.78, 5) is 34.0. The molecule has 1 aromatic carbocycles. The predicted octanol–water partition coefficient (Wildman–Crippen LogP) is 2.08. The number of nitrogens with zero attached hydrogens (tertiary/aromatic N) is 1. The van der Waals surface area contributed by atoms with E-state index in [-0.39, 0.29) is 23.4 Å². The molecule has 2 amide bonds. The second kappa shape index (κ2) is 8.17. The van der Waals surface area contributed by atoms with Crippen LogP contribution in [0.3, 0.4) is 0 Å². The fourth-order valence-corrected chi connectivity index (χ4v) is 1.65. The number of anilines is 2. The van der Waals surface area contributed by atoms with Crippen LogP contribution in [-0.4, -0.2) is 22.9 Å². The molecule has 1 atom stereocenters. The van der Waals surface area contributed by atoms with Crippen molar-refractivity contribution in [1.82, 2.24) is 0 Å². The quantitative estimate of drug-likeness (QED) is 0.766. The monoisotopic (exact) mass is 351 g/mol.